The van der Waals surface area contributed by atoms with Gasteiger partial charge in [-0.15, -0.1) is 0 Å². The van der Waals surface area contributed by atoms with Crippen LogP contribution in [-0.2, 0) is 14.8 Å². The van der Waals surface area contributed by atoms with Crippen molar-refractivity contribution < 1.29 is 13.2 Å². The van der Waals surface area contributed by atoms with Gasteiger partial charge in [-0.2, -0.15) is 4.72 Å². The van der Waals surface area contributed by atoms with E-state index < -0.39 is 15.7 Å². The summed E-state index contributed by atoms with van der Waals surface area (Å²) in [6, 6.07) is 7.32. The van der Waals surface area contributed by atoms with E-state index in [0.29, 0.717) is 49.1 Å². The number of carbonyl (C=O) groups excluding carboxylic acids is 1. The van der Waals surface area contributed by atoms with Crippen LogP contribution in [0.15, 0.2) is 29.2 Å². The molecule has 0 aromatic heterocycles. The molecule has 2 fully saturated rings. The van der Waals surface area contributed by atoms with Crippen LogP contribution in [0, 0.1) is 0 Å². The Bertz CT molecular complexity index is 818. The molecule has 8 heteroatoms. The summed E-state index contributed by atoms with van der Waals surface area (Å²) in [5, 5.41) is 3.40. The van der Waals surface area contributed by atoms with Gasteiger partial charge >= 0.3 is 0 Å². The Hall–Kier alpha value is -1.64. The second-order valence-corrected chi connectivity index (χ2v) is 9.67. The largest absolute Gasteiger partial charge is 0.365 e. The predicted molar refractivity (Wildman–Crippen MR) is 104 cm³/mol. The number of para-hydroxylation sites is 1. The van der Waals surface area contributed by atoms with Crippen molar-refractivity contribution in [3.05, 3.63) is 24.3 Å². The summed E-state index contributed by atoms with van der Waals surface area (Å²) in [5.41, 5.74) is -0.00608. The molecule has 1 spiro atoms. The fourth-order valence-electron chi connectivity index (χ4n) is 4.47. The monoisotopic (exact) mass is 392 g/mol. The molecule has 2 N–H and O–H groups in total. The van der Waals surface area contributed by atoms with Crippen LogP contribution in [0.3, 0.4) is 0 Å². The van der Waals surface area contributed by atoms with E-state index in [4.69, 9.17) is 0 Å². The zero-order valence-electron chi connectivity index (χ0n) is 15.8. The lowest BCUT2D eigenvalue weighted by molar-refractivity contribution is -0.136. The van der Waals surface area contributed by atoms with Crippen LogP contribution >= 0.6 is 0 Å². The predicted octanol–water partition coefficient (Wildman–Crippen LogP) is 1.58. The number of likely N-dealkylation sites (tertiary alicyclic amines) is 2. The molecule has 0 radical (unpaired) electrons. The SMILES string of the molecule is CC1CCCCN1C(=O)CN1CCC2(CC1)Nc1ccccc1S(=O)(=O)N2. The number of sulfonamides is 1. The summed E-state index contributed by atoms with van der Waals surface area (Å²) >= 11 is 0. The highest BCUT2D eigenvalue weighted by molar-refractivity contribution is 7.89. The second kappa shape index (κ2) is 7.07. The zero-order chi connectivity index (χ0) is 19.1. The fourth-order valence-corrected chi connectivity index (χ4v) is 6.02. The molecule has 1 amide bonds. The van der Waals surface area contributed by atoms with Crippen molar-refractivity contribution in [2.24, 2.45) is 0 Å². The van der Waals surface area contributed by atoms with Gasteiger partial charge in [0.05, 0.1) is 12.2 Å². The first-order valence-corrected chi connectivity index (χ1v) is 11.3. The molecule has 1 unspecified atom stereocenters. The average Bonchev–Trinajstić information content (AvgIpc) is 2.63. The Morgan fingerprint density at radius 3 is 2.67 bits per heavy atom. The zero-order valence-corrected chi connectivity index (χ0v) is 16.6. The molecule has 2 saturated heterocycles. The molecule has 0 saturated carbocycles. The highest BCUT2D eigenvalue weighted by Gasteiger charge is 2.43. The van der Waals surface area contributed by atoms with Crippen LogP contribution in [0.25, 0.3) is 0 Å². The van der Waals surface area contributed by atoms with E-state index in [2.05, 4.69) is 21.9 Å². The topological polar surface area (TPSA) is 81.8 Å². The Morgan fingerprint density at radius 2 is 1.93 bits per heavy atom. The molecule has 1 atom stereocenters. The number of anilines is 1. The van der Waals surface area contributed by atoms with Gasteiger partial charge in [0.25, 0.3) is 0 Å². The highest BCUT2D eigenvalue weighted by atomic mass is 32.2. The maximum atomic E-state index is 12.7. The molecular formula is C19H28N4O3S. The summed E-state index contributed by atoms with van der Waals surface area (Å²) in [4.78, 5) is 17.1. The van der Waals surface area contributed by atoms with Crippen molar-refractivity contribution in [1.82, 2.24) is 14.5 Å². The first-order chi connectivity index (χ1) is 12.9. The number of benzene rings is 1. The molecule has 1 aromatic rings. The molecule has 148 valence electrons. The van der Waals surface area contributed by atoms with E-state index in [-0.39, 0.29) is 5.91 Å². The molecular weight excluding hydrogens is 364 g/mol. The number of carbonyl (C=O) groups is 1. The van der Waals surface area contributed by atoms with Gasteiger partial charge in [0.2, 0.25) is 15.9 Å². The Labute approximate surface area is 161 Å². The Balaban J connectivity index is 1.40. The van der Waals surface area contributed by atoms with Gasteiger partial charge < -0.3 is 10.2 Å². The molecule has 3 aliphatic rings. The van der Waals surface area contributed by atoms with E-state index in [9.17, 15) is 13.2 Å². The van der Waals surface area contributed by atoms with Crippen molar-refractivity contribution in [1.29, 1.82) is 0 Å². The van der Waals surface area contributed by atoms with E-state index >= 15 is 0 Å². The molecule has 1 aromatic carbocycles. The number of amides is 1. The van der Waals surface area contributed by atoms with Crippen LogP contribution < -0.4 is 10.0 Å². The van der Waals surface area contributed by atoms with Crippen molar-refractivity contribution in [2.75, 3.05) is 31.5 Å². The summed E-state index contributed by atoms with van der Waals surface area (Å²) < 4.78 is 28.1. The van der Waals surface area contributed by atoms with E-state index in [1.807, 2.05) is 17.0 Å². The van der Waals surface area contributed by atoms with Crippen LogP contribution in [0.5, 0.6) is 0 Å². The molecule has 0 aliphatic carbocycles. The molecule has 4 rings (SSSR count). The lowest BCUT2D eigenvalue weighted by atomic mass is 9.97. The van der Waals surface area contributed by atoms with Gasteiger partial charge in [-0.3, -0.25) is 9.69 Å². The van der Waals surface area contributed by atoms with Gasteiger partial charge in [0.1, 0.15) is 10.6 Å². The van der Waals surface area contributed by atoms with Gasteiger partial charge in [0, 0.05) is 25.7 Å². The summed E-state index contributed by atoms with van der Waals surface area (Å²) in [7, 11) is -3.52. The third-order valence-electron chi connectivity index (χ3n) is 6.07. The van der Waals surface area contributed by atoms with Crippen LogP contribution in [-0.4, -0.2) is 62.0 Å². The highest BCUT2D eigenvalue weighted by Crippen LogP contribution is 2.34. The first-order valence-electron chi connectivity index (χ1n) is 9.82. The quantitative estimate of drug-likeness (QED) is 0.799. The maximum Gasteiger partial charge on any atom is 0.244 e. The molecule has 3 heterocycles. The number of nitrogens with zero attached hydrogens (tertiary/aromatic N) is 2. The number of nitrogens with one attached hydrogen (secondary N) is 2. The van der Waals surface area contributed by atoms with E-state index in [1.54, 1.807) is 12.1 Å². The van der Waals surface area contributed by atoms with Crippen LogP contribution in [0.1, 0.15) is 39.0 Å². The van der Waals surface area contributed by atoms with E-state index in [1.165, 1.54) is 6.42 Å². The van der Waals surface area contributed by atoms with Crippen LogP contribution in [0.2, 0.25) is 0 Å². The minimum atomic E-state index is -3.52. The average molecular weight is 393 g/mol. The van der Waals surface area contributed by atoms with Gasteiger partial charge in [-0.05, 0) is 51.2 Å². The van der Waals surface area contributed by atoms with Crippen molar-refractivity contribution in [2.45, 2.75) is 55.6 Å². The summed E-state index contributed by atoms with van der Waals surface area (Å²) in [6.07, 6.45) is 4.63. The lowest BCUT2D eigenvalue weighted by Crippen LogP contribution is -2.62. The fraction of sp³-hybridized carbons (Fsp3) is 0.632. The first kappa shape index (κ1) is 18.7. The normalized spacial score (nSPS) is 27.0. The van der Waals surface area contributed by atoms with Crippen LogP contribution in [0.4, 0.5) is 5.69 Å². The van der Waals surface area contributed by atoms with Crippen molar-refractivity contribution >= 4 is 21.6 Å². The minimum absolute atomic E-state index is 0.195. The van der Waals surface area contributed by atoms with Gasteiger partial charge in [-0.25, -0.2) is 8.42 Å². The molecule has 0 bridgehead atoms. The van der Waals surface area contributed by atoms with Gasteiger partial charge in [-0.1, -0.05) is 12.1 Å². The number of hydrogen-bond acceptors (Lipinski definition) is 5. The Morgan fingerprint density at radius 1 is 1.19 bits per heavy atom. The molecule has 3 aliphatic heterocycles. The third-order valence-corrected chi connectivity index (χ3v) is 7.67. The van der Waals surface area contributed by atoms with E-state index in [0.717, 1.165) is 19.4 Å². The number of piperidine rings is 2. The summed E-state index contributed by atoms with van der Waals surface area (Å²) in [5.74, 6) is 0.195. The number of fused-ring (bicyclic) bond motifs is 1. The van der Waals surface area contributed by atoms with Crippen molar-refractivity contribution in [3.8, 4) is 0 Å². The maximum absolute atomic E-state index is 12.7. The standard InChI is InChI=1S/C19H28N4O3S/c1-15-6-4-5-11-23(15)18(24)14-22-12-9-19(10-13-22)20-16-7-2-3-8-17(16)27(25,26)21-19/h2-3,7-8,15,20-21H,4-6,9-14H2,1H3. The minimum Gasteiger partial charge on any atom is -0.365 e. The number of hydrogen-bond donors (Lipinski definition) is 2. The van der Waals surface area contributed by atoms with Gasteiger partial charge in [0.15, 0.2) is 0 Å². The molecule has 27 heavy (non-hydrogen) atoms. The second-order valence-electron chi connectivity index (χ2n) is 8.02. The Kier molecular flexibility index (Phi) is 4.90. The number of rotatable bonds is 2. The summed E-state index contributed by atoms with van der Waals surface area (Å²) in [6.45, 7) is 4.78. The third kappa shape index (κ3) is 3.70. The lowest BCUT2D eigenvalue weighted by Gasteiger charge is -2.46. The molecule has 7 nitrogen and oxygen atoms in total. The smallest absolute Gasteiger partial charge is 0.244 e. The van der Waals surface area contributed by atoms with Crippen molar-refractivity contribution in [3.63, 3.8) is 0 Å².